The highest BCUT2D eigenvalue weighted by atomic mass is 15.1. The second-order valence-electron chi connectivity index (χ2n) is 6.89. The van der Waals surface area contributed by atoms with Crippen molar-refractivity contribution in [3.63, 3.8) is 0 Å². The van der Waals surface area contributed by atoms with Crippen LogP contribution in [-0.2, 0) is 0 Å². The zero-order valence-corrected chi connectivity index (χ0v) is 14.5. The minimum atomic E-state index is 0.832. The fourth-order valence-corrected chi connectivity index (χ4v) is 2.84. The summed E-state index contributed by atoms with van der Waals surface area (Å²) in [6, 6.07) is 0. The molecule has 0 aliphatic rings. The fourth-order valence-electron chi connectivity index (χ4n) is 2.84. The van der Waals surface area contributed by atoms with Gasteiger partial charge in [0.2, 0.25) is 0 Å². The summed E-state index contributed by atoms with van der Waals surface area (Å²) in [7, 11) is 0. The zero-order valence-electron chi connectivity index (χ0n) is 14.5. The van der Waals surface area contributed by atoms with Gasteiger partial charge in [-0.2, -0.15) is 0 Å². The normalized spacial score (nSPS) is 15.2. The van der Waals surface area contributed by atoms with Crippen LogP contribution in [0.25, 0.3) is 0 Å². The van der Waals surface area contributed by atoms with Crippen molar-refractivity contribution in [3.8, 4) is 0 Å². The first kappa shape index (κ1) is 19.0. The van der Waals surface area contributed by atoms with E-state index in [9.17, 15) is 0 Å². The number of nitrogens with zero attached hydrogens (tertiary/aromatic N) is 1. The highest BCUT2D eigenvalue weighted by Crippen LogP contribution is 2.21. The van der Waals surface area contributed by atoms with Crippen LogP contribution >= 0.6 is 0 Å². The van der Waals surface area contributed by atoms with Gasteiger partial charge < -0.3 is 4.90 Å². The molecule has 0 aliphatic heterocycles. The Bertz CT molecular complexity index is 188. The molecule has 0 saturated heterocycles. The molecule has 0 aromatic heterocycles. The maximum absolute atomic E-state index is 2.72. The summed E-state index contributed by atoms with van der Waals surface area (Å²) in [4.78, 5) is 2.72. The number of rotatable bonds is 12. The smallest absolute Gasteiger partial charge is 0.000975 e. The van der Waals surface area contributed by atoms with Gasteiger partial charge in [-0.15, -0.1) is 0 Å². The monoisotopic (exact) mass is 269 g/mol. The lowest BCUT2D eigenvalue weighted by atomic mass is 9.90. The lowest BCUT2D eigenvalue weighted by molar-refractivity contribution is 0.195. The summed E-state index contributed by atoms with van der Waals surface area (Å²) in [6.45, 7) is 18.0. The van der Waals surface area contributed by atoms with E-state index >= 15 is 0 Å². The molecule has 0 fully saturated rings. The molecule has 0 aromatic rings. The van der Waals surface area contributed by atoms with E-state index in [1.165, 1.54) is 58.2 Å². The Morgan fingerprint density at radius 2 is 1.53 bits per heavy atom. The highest BCUT2D eigenvalue weighted by Gasteiger charge is 2.15. The third-order valence-electron chi connectivity index (χ3n) is 4.21. The summed E-state index contributed by atoms with van der Waals surface area (Å²) in [5.74, 6) is 2.64. The Hall–Kier alpha value is -0.0400. The predicted octanol–water partition coefficient (Wildman–Crippen LogP) is 5.60. The first-order valence-electron chi connectivity index (χ1n) is 8.75. The summed E-state index contributed by atoms with van der Waals surface area (Å²) < 4.78 is 0. The summed E-state index contributed by atoms with van der Waals surface area (Å²) in [6.07, 6.45) is 8.14. The van der Waals surface area contributed by atoms with E-state index < -0.39 is 0 Å². The molecule has 0 rings (SSSR count). The van der Waals surface area contributed by atoms with Gasteiger partial charge in [-0.3, -0.25) is 0 Å². The van der Waals surface area contributed by atoms with Crippen LogP contribution in [0.4, 0.5) is 0 Å². The van der Waals surface area contributed by atoms with Crippen molar-refractivity contribution in [1.82, 2.24) is 4.90 Å². The van der Waals surface area contributed by atoms with Gasteiger partial charge in [0, 0.05) is 6.54 Å². The van der Waals surface area contributed by atoms with Gasteiger partial charge in [-0.25, -0.2) is 0 Å². The second kappa shape index (κ2) is 11.8. The first-order valence-corrected chi connectivity index (χ1v) is 8.75. The minimum Gasteiger partial charge on any atom is -0.303 e. The largest absolute Gasteiger partial charge is 0.303 e. The molecular formula is C18H39N. The predicted molar refractivity (Wildman–Crippen MR) is 88.7 cm³/mol. The molecule has 0 spiro atoms. The van der Waals surface area contributed by atoms with Crippen LogP contribution in [0, 0.1) is 17.8 Å². The molecule has 0 heterocycles. The summed E-state index contributed by atoms with van der Waals surface area (Å²) in [5, 5.41) is 0. The van der Waals surface area contributed by atoms with Crippen molar-refractivity contribution in [3.05, 3.63) is 0 Å². The SMILES string of the molecule is CCCC(CC(C)CC)CN(CCC)CCC(C)C. The van der Waals surface area contributed by atoms with E-state index in [2.05, 4.69) is 46.4 Å². The van der Waals surface area contributed by atoms with Crippen LogP contribution in [0.15, 0.2) is 0 Å². The highest BCUT2D eigenvalue weighted by molar-refractivity contribution is 4.69. The Morgan fingerprint density at radius 3 is 2.00 bits per heavy atom. The Morgan fingerprint density at radius 1 is 0.842 bits per heavy atom. The van der Waals surface area contributed by atoms with Crippen LogP contribution in [0.2, 0.25) is 0 Å². The van der Waals surface area contributed by atoms with Crippen molar-refractivity contribution in [2.75, 3.05) is 19.6 Å². The number of hydrogen-bond acceptors (Lipinski definition) is 1. The molecule has 0 aromatic carbocycles. The van der Waals surface area contributed by atoms with Crippen molar-refractivity contribution in [1.29, 1.82) is 0 Å². The van der Waals surface area contributed by atoms with E-state index in [4.69, 9.17) is 0 Å². The molecule has 1 nitrogen and oxygen atoms in total. The van der Waals surface area contributed by atoms with E-state index in [-0.39, 0.29) is 0 Å². The van der Waals surface area contributed by atoms with Crippen LogP contribution in [-0.4, -0.2) is 24.5 Å². The van der Waals surface area contributed by atoms with Gasteiger partial charge in [0.15, 0.2) is 0 Å². The van der Waals surface area contributed by atoms with Gasteiger partial charge in [-0.1, -0.05) is 54.4 Å². The molecule has 1 heteroatoms. The van der Waals surface area contributed by atoms with Crippen LogP contribution in [0.1, 0.15) is 80.1 Å². The van der Waals surface area contributed by atoms with Gasteiger partial charge in [0.1, 0.15) is 0 Å². The van der Waals surface area contributed by atoms with Gasteiger partial charge in [0.25, 0.3) is 0 Å². The molecule has 0 saturated carbocycles. The van der Waals surface area contributed by atoms with Gasteiger partial charge in [0.05, 0.1) is 0 Å². The molecule has 19 heavy (non-hydrogen) atoms. The third-order valence-corrected chi connectivity index (χ3v) is 4.21. The standard InChI is InChI=1S/C18H39N/c1-7-10-18(14-17(6)9-3)15-19(12-8-2)13-11-16(4)5/h16-18H,7-15H2,1-6H3. The first-order chi connectivity index (χ1) is 9.03. The molecule has 116 valence electrons. The quantitative estimate of drug-likeness (QED) is 0.446. The maximum Gasteiger partial charge on any atom is 0.000975 e. The van der Waals surface area contributed by atoms with Crippen molar-refractivity contribution >= 4 is 0 Å². The lowest BCUT2D eigenvalue weighted by Crippen LogP contribution is -2.32. The van der Waals surface area contributed by atoms with Crippen molar-refractivity contribution in [2.45, 2.75) is 80.1 Å². The number of hydrogen-bond donors (Lipinski definition) is 0. The molecule has 2 unspecified atom stereocenters. The van der Waals surface area contributed by atoms with Crippen LogP contribution in [0.3, 0.4) is 0 Å². The van der Waals surface area contributed by atoms with E-state index in [1.54, 1.807) is 0 Å². The maximum atomic E-state index is 2.72. The molecule has 2 atom stereocenters. The molecular weight excluding hydrogens is 230 g/mol. The topological polar surface area (TPSA) is 3.24 Å². The van der Waals surface area contributed by atoms with E-state index in [1.807, 2.05) is 0 Å². The molecule has 0 aliphatic carbocycles. The molecule has 0 N–H and O–H groups in total. The summed E-state index contributed by atoms with van der Waals surface area (Å²) in [5.41, 5.74) is 0. The average molecular weight is 270 g/mol. The van der Waals surface area contributed by atoms with Gasteiger partial charge in [-0.05, 0) is 56.5 Å². The van der Waals surface area contributed by atoms with E-state index in [0.717, 1.165) is 17.8 Å². The minimum absolute atomic E-state index is 0.832. The Balaban J connectivity index is 4.28. The second-order valence-corrected chi connectivity index (χ2v) is 6.89. The molecule has 0 radical (unpaired) electrons. The lowest BCUT2D eigenvalue weighted by Gasteiger charge is -2.29. The Kier molecular flexibility index (Phi) is 11.7. The molecule has 0 bridgehead atoms. The average Bonchev–Trinajstić information content (AvgIpc) is 2.36. The van der Waals surface area contributed by atoms with Crippen molar-refractivity contribution in [2.24, 2.45) is 17.8 Å². The zero-order chi connectivity index (χ0) is 14.7. The fraction of sp³-hybridized carbons (Fsp3) is 1.00. The van der Waals surface area contributed by atoms with Gasteiger partial charge >= 0.3 is 0 Å². The van der Waals surface area contributed by atoms with Crippen LogP contribution < -0.4 is 0 Å². The van der Waals surface area contributed by atoms with Crippen LogP contribution in [0.5, 0.6) is 0 Å². The molecule has 0 amide bonds. The van der Waals surface area contributed by atoms with Crippen molar-refractivity contribution < 1.29 is 0 Å². The Labute approximate surface area is 123 Å². The van der Waals surface area contributed by atoms with E-state index in [0.29, 0.717) is 0 Å². The summed E-state index contributed by atoms with van der Waals surface area (Å²) >= 11 is 0. The third kappa shape index (κ3) is 10.4.